The maximum atomic E-state index is 11.9. The van der Waals surface area contributed by atoms with Gasteiger partial charge < -0.3 is 5.32 Å². The molecule has 1 amide bonds. The van der Waals surface area contributed by atoms with Crippen molar-refractivity contribution in [3.05, 3.63) is 50.9 Å². The fraction of sp³-hybridized carbons (Fsp3) is 0.231. The highest BCUT2D eigenvalue weighted by molar-refractivity contribution is 14.1. The van der Waals surface area contributed by atoms with E-state index in [0.717, 1.165) is 14.8 Å². The molecule has 4 nitrogen and oxygen atoms in total. The van der Waals surface area contributed by atoms with Crippen LogP contribution in [0.2, 0.25) is 0 Å². The lowest BCUT2D eigenvalue weighted by molar-refractivity contribution is 0.0951. The second kappa shape index (κ2) is 5.51. The molecule has 1 heterocycles. The van der Waals surface area contributed by atoms with E-state index in [9.17, 15) is 4.79 Å². The van der Waals surface area contributed by atoms with E-state index in [-0.39, 0.29) is 5.91 Å². The molecular weight excluding hydrogens is 341 g/mol. The summed E-state index contributed by atoms with van der Waals surface area (Å²) in [6, 6.07) is 7.50. The molecule has 1 aromatic carbocycles. The van der Waals surface area contributed by atoms with Crippen molar-refractivity contribution in [1.29, 1.82) is 0 Å². The van der Waals surface area contributed by atoms with E-state index in [2.05, 4.69) is 33.0 Å². The van der Waals surface area contributed by atoms with Crippen molar-refractivity contribution >= 4 is 28.5 Å². The SMILES string of the molecule is Cc1c(CNC(=O)c2ccc(I)cc2)cnn1C. The van der Waals surface area contributed by atoms with Crippen LogP contribution in [0.5, 0.6) is 0 Å². The summed E-state index contributed by atoms with van der Waals surface area (Å²) < 4.78 is 2.92. The third kappa shape index (κ3) is 2.90. The van der Waals surface area contributed by atoms with Crippen molar-refractivity contribution in [3.63, 3.8) is 0 Å². The maximum absolute atomic E-state index is 11.9. The quantitative estimate of drug-likeness (QED) is 0.859. The number of nitrogens with zero attached hydrogens (tertiary/aromatic N) is 2. The number of hydrogen-bond acceptors (Lipinski definition) is 2. The smallest absolute Gasteiger partial charge is 0.251 e. The normalized spacial score (nSPS) is 10.4. The zero-order chi connectivity index (χ0) is 13.1. The van der Waals surface area contributed by atoms with E-state index < -0.39 is 0 Å². The van der Waals surface area contributed by atoms with Gasteiger partial charge in [-0.1, -0.05) is 0 Å². The summed E-state index contributed by atoms with van der Waals surface area (Å²) in [5.74, 6) is -0.0605. The Bertz CT molecular complexity index is 560. The molecule has 0 unspecified atom stereocenters. The van der Waals surface area contributed by atoms with E-state index in [1.165, 1.54) is 0 Å². The van der Waals surface area contributed by atoms with Gasteiger partial charge >= 0.3 is 0 Å². The third-order valence-corrected chi connectivity index (χ3v) is 3.60. The van der Waals surface area contributed by atoms with Crippen LogP contribution >= 0.6 is 22.6 Å². The van der Waals surface area contributed by atoms with Crippen LogP contribution in [0.25, 0.3) is 0 Å². The highest BCUT2D eigenvalue weighted by atomic mass is 127. The van der Waals surface area contributed by atoms with Crippen LogP contribution in [-0.2, 0) is 13.6 Å². The molecule has 5 heteroatoms. The summed E-state index contributed by atoms with van der Waals surface area (Å²) in [5, 5.41) is 7.04. The van der Waals surface area contributed by atoms with E-state index in [1.807, 2.05) is 38.2 Å². The first-order valence-corrected chi connectivity index (χ1v) is 6.67. The monoisotopic (exact) mass is 355 g/mol. The predicted molar refractivity (Wildman–Crippen MR) is 78.3 cm³/mol. The summed E-state index contributed by atoms with van der Waals surface area (Å²) >= 11 is 2.21. The Hall–Kier alpha value is -1.37. The first kappa shape index (κ1) is 13.1. The van der Waals surface area contributed by atoms with Crippen LogP contribution in [0.1, 0.15) is 21.6 Å². The van der Waals surface area contributed by atoms with E-state index >= 15 is 0 Å². The minimum absolute atomic E-state index is 0.0605. The topological polar surface area (TPSA) is 46.9 Å². The second-order valence-corrected chi connectivity index (χ2v) is 5.31. The average molecular weight is 355 g/mol. The van der Waals surface area contributed by atoms with Crippen molar-refractivity contribution in [2.24, 2.45) is 7.05 Å². The predicted octanol–water partition coefficient (Wildman–Crippen LogP) is 2.26. The van der Waals surface area contributed by atoms with Gasteiger partial charge in [-0.3, -0.25) is 9.48 Å². The zero-order valence-corrected chi connectivity index (χ0v) is 12.4. The lowest BCUT2D eigenvalue weighted by atomic mass is 10.2. The molecule has 1 aromatic heterocycles. The van der Waals surface area contributed by atoms with Crippen molar-refractivity contribution < 1.29 is 4.79 Å². The molecule has 0 atom stereocenters. The molecule has 0 aliphatic heterocycles. The van der Waals surface area contributed by atoms with E-state index in [0.29, 0.717) is 12.1 Å². The molecule has 2 rings (SSSR count). The van der Waals surface area contributed by atoms with Gasteiger partial charge in [-0.25, -0.2) is 0 Å². The number of rotatable bonds is 3. The summed E-state index contributed by atoms with van der Waals surface area (Å²) in [6.45, 7) is 2.49. The van der Waals surface area contributed by atoms with Crippen LogP contribution in [0.3, 0.4) is 0 Å². The first-order chi connectivity index (χ1) is 8.58. The molecule has 0 bridgehead atoms. The van der Waals surface area contributed by atoms with E-state index in [1.54, 1.807) is 10.9 Å². The molecule has 0 aliphatic carbocycles. The average Bonchev–Trinajstić information content (AvgIpc) is 2.68. The Morgan fingerprint density at radius 2 is 2.06 bits per heavy atom. The Morgan fingerprint density at radius 1 is 1.39 bits per heavy atom. The van der Waals surface area contributed by atoms with Gasteiger partial charge in [0.05, 0.1) is 6.20 Å². The highest BCUT2D eigenvalue weighted by Gasteiger charge is 2.07. The fourth-order valence-electron chi connectivity index (χ4n) is 1.60. The molecule has 0 radical (unpaired) electrons. The summed E-state index contributed by atoms with van der Waals surface area (Å²) in [7, 11) is 1.89. The number of carbonyl (C=O) groups excluding carboxylic acids is 1. The maximum Gasteiger partial charge on any atom is 0.251 e. The van der Waals surface area contributed by atoms with E-state index in [4.69, 9.17) is 0 Å². The summed E-state index contributed by atoms with van der Waals surface area (Å²) in [6.07, 6.45) is 1.78. The number of aromatic nitrogens is 2. The molecule has 2 aromatic rings. The molecule has 1 N–H and O–H groups in total. The lowest BCUT2D eigenvalue weighted by Gasteiger charge is -2.05. The summed E-state index contributed by atoms with van der Waals surface area (Å²) in [5.41, 5.74) is 2.78. The molecule has 94 valence electrons. The molecule has 0 fully saturated rings. The minimum Gasteiger partial charge on any atom is -0.348 e. The molecule has 0 spiro atoms. The van der Waals surface area contributed by atoms with Gasteiger partial charge in [-0.05, 0) is 53.8 Å². The Kier molecular flexibility index (Phi) is 4.00. The Labute approximate surface area is 120 Å². The number of nitrogens with one attached hydrogen (secondary N) is 1. The van der Waals surface area contributed by atoms with Crippen LogP contribution in [-0.4, -0.2) is 15.7 Å². The van der Waals surface area contributed by atoms with Gasteiger partial charge in [0.15, 0.2) is 0 Å². The fourth-order valence-corrected chi connectivity index (χ4v) is 1.96. The summed E-state index contributed by atoms with van der Waals surface area (Å²) in [4.78, 5) is 11.9. The van der Waals surface area contributed by atoms with Gasteiger partial charge in [0.1, 0.15) is 0 Å². The number of amides is 1. The van der Waals surface area contributed by atoms with Crippen molar-refractivity contribution in [2.45, 2.75) is 13.5 Å². The molecular formula is C13H14IN3O. The molecule has 0 saturated heterocycles. The van der Waals surface area contributed by atoms with Gasteiger partial charge in [0.25, 0.3) is 5.91 Å². The largest absolute Gasteiger partial charge is 0.348 e. The third-order valence-electron chi connectivity index (χ3n) is 2.88. The molecule has 18 heavy (non-hydrogen) atoms. The highest BCUT2D eigenvalue weighted by Crippen LogP contribution is 2.08. The van der Waals surface area contributed by atoms with Crippen molar-refractivity contribution in [1.82, 2.24) is 15.1 Å². The van der Waals surface area contributed by atoms with Gasteiger partial charge in [-0.15, -0.1) is 0 Å². The van der Waals surface area contributed by atoms with Crippen molar-refractivity contribution in [3.8, 4) is 0 Å². The zero-order valence-electron chi connectivity index (χ0n) is 10.3. The Morgan fingerprint density at radius 3 is 2.61 bits per heavy atom. The van der Waals surface area contributed by atoms with Gasteiger partial charge in [-0.2, -0.15) is 5.10 Å². The van der Waals surface area contributed by atoms with Gasteiger partial charge in [0, 0.05) is 34.0 Å². The van der Waals surface area contributed by atoms with Gasteiger partial charge in [0.2, 0.25) is 0 Å². The number of halogens is 1. The van der Waals surface area contributed by atoms with Crippen molar-refractivity contribution in [2.75, 3.05) is 0 Å². The van der Waals surface area contributed by atoms with Crippen LogP contribution in [0, 0.1) is 10.5 Å². The number of aryl methyl sites for hydroxylation is 1. The number of hydrogen-bond donors (Lipinski definition) is 1. The van der Waals surface area contributed by atoms with Crippen LogP contribution in [0.4, 0.5) is 0 Å². The number of benzene rings is 1. The number of carbonyl (C=O) groups is 1. The van der Waals surface area contributed by atoms with Crippen LogP contribution in [0.15, 0.2) is 30.5 Å². The lowest BCUT2D eigenvalue weighted by Crippen LogP contribution is -2.22. The Balaban J connectivity index is 2.00. The molecule has 0 aliphatic rings. The minimum atomic E-state index is -0.0605. The molecule has 0 saturated carbocycles. The standard InChI is InChI=1S/C13H14IN3O/c1-9-11(8-16-17(9)2)7-15-13(18)10-3-5-12(14)6-4-10/h3-6,8H,7H2,1-2H3,(H,15,18). The van der Waals surface area contributed by atoms with Crippen LogP contribution < -0.4 is 5.32 Å². The second-order valence-electron chi connectivity index (χ2n) is 4.07. The first-order valence-electron chi connectivity index (χ1n) is 5.59.